The van der Waals surface area contributed by atoms with Crippen molar-refractivity contribution in [2.45, 2.75) is 6.42 Å². The molecule has 4 nitrogen and oxygen atoms in total. The number of nitrogens with one attached hydrogen (secondary N) is 1. The molecule has 1 aromatic heterocycles. The van der Waals surface area contributed by atoms with E-state index in [0.717, 1.165) is 5.39 Å². The topological polar surface area (TPSA) is 62.2 Å². The van der Waals surface area contributed by atoms with E-state index >= 15 is 0 Å². The molecule has 0 amide bonds. The van der Waals surface area contributed by atoms with Gasteiger partial charge >= 0.3 is 5.97 Å². The summed E-state index contributed by atoms with van der Waals surface area (Å²) >= 11 is 0. The highest BCUT2D eigenvalue weighted by atomic mass is 19.1. The van der Waals surface area contributed by atoms with Gasteiger partial charge in [0.25, 0.3) is 0 Å². The van der Waals surface area contributed by atoms with E-state index in [1.807, 2.05) is 0 Å². The Bertz CT molecular complexity index is 557. The zero-order valence-corrected chi connectivity index (χ0v) is 8.98. The largest absolute Gasteiger partial charge is 0.481 e. The smallest absolute Gasteiger partial charge is 0.305 e. The lowest BCUT2D eigenvalue weighted by Crippen LogP contribution is -2.08. The molecule has 5 heteroatoms. The fraction of sp³-hybridized carbons (Fsp3) is 0.167. The van der Waals surface area contributed by atoms with E-state index in [1.165, 1.54) is 12.1 Å². The van der Waals surface area contributed by atoms with Crippen LogP contribution in [0.1, 0.15) is 6.42 Å². The van der Waals surface area contributed by atoms with Gasteiger partial charge in [0.1, 0.15) is 11.6 Å². The molecule has 0 saturated carbocycles. The van der Waals surface area contributed by atoms with Gasteiger partial charge in [-0.05, 0) is 23.6 Å². The quantitative estimate of drug-likeness (QED) is 0.851. The summed E-state index contributed by atoms with van der Waals surface area (Å²) in [7, 11) is 0. The summed E-state index contributed by atoms with van der Waals surface area (Å²) in [4.78, 5) is 14.5. The molecule has 0 radical (unpaired) electrons. The first-order chi connectivity index (χ1) is 8.16. The Hall–Kier alpha value is -2.17. The van der Waals surface area contributed by atoms with E-state index < -0.39 is 5.97 Å². The lowest BCUT2D eigenvalue weighted by atomic mass is 10.1. The zero-order chi connectivity index (χ0) is 12.3. The predicted molar refractivity (Wildman–Crippen MR) is 62.4 cm³/mol. The maximum absolute atomic E-state index is 13.1. The molecule has 2 N–H and O–H groups in total. The van der Waals surface area contributed by atoms with Crippen LogP contribution in [0.15, 0.2) is 30.5 Å². The van der Waals surface area contributed by atoms with Gasteiger partial charge in [-0.1, -0.05) is 6.07 Å². The molecule has 0 unspecified atom stereocenters. The van der Waals surface area contributed by atoms with Crippen LogP contribution in [-0.2, 0) is 4.79 Å². The third-order valence-electron chi connectivity index (χ3n) is 2.36. The molecule has 0 aliphatic carbocycles. The second kappa shape index (κ2) is 4.78. The first-order valence-electron chi connectivity index (χ1n) is 5.17. The summed E-state index contributed by atoms with van der Waals surface area (Å²) in [6, 6.07) is 6.20. The molecule has 0 fully saturated rings. The van der Waals surface area contributed by atoms with Crippen LogP contribution in [0.4, 0.5) is 10.2 Å². The van der Waals surface area contributed by atoms with Gasteiger partial charge in [0.15, 0.2) is 0 Å². The Morgan fingerprint density at radius 2 is 2.24 bits per heavy atom. The van der Waals surface area contributed by atoms with E-state index in [-0.39, 0.29) is 18.8 Å². The molecule has 0 spiro atoms. The number of benzene rings is 1. The number of fused-ring (bicyclic) bond motifs is 1. The van der Waals surface area contributed by atoms with E-state index in [1.54, 1.807) is 18.3 Å². The van der Waals surface area contributed by atoms with E-state index in [2.05, 4.69) is 10.3 Å². The molecule has 1 heterocycles. The molecule has 17 heavy (non-hydrogen) atoms. The average molecular weight is 234 g/mol. The number of carbonyl (C=O) groups is 1. The summed E-state index contributed by atoms with van der Waals surface area (Å²) in [6.07, 6.45) is 1.59. The Morgan fingerprint density at radius 1 is 1.41 bits per heavy atom. The molecule has 2 rings (SSSR count). The number of aromatic nitrogens is 1. The number of nitrogens with zero attached hydrogens (tertiary/aromatic N) is 1. The fourth-order valence-electron chi connectivity index (χ4n) is 1.57. The van der Waals surface area contributed by atoms with Crippen LogP contribution in [0.5, 0.6) is 0 Å². The molecule has 1 aromatic carbocycles. The number of halogens is 1. The third-order valence-corrected chi connectivity index (χ3v) is 2.36. The predicted octanol–water partition coefficient (Wildman–Crippen LogP) is 2.26. The van der Waals surface area contributed by atoms with Crippen LogP contribution in [0.3, 0.4) is 0 Å². The van der Waals surface area contributed by atoms with Crippen molar-refractivity contribution < 1.29 is 14.3 Å². The number of pyridine rings is 1. The van der Waals surface area contributed by atoms with E-state index in [4.69, 9.17) is 5.11 Å². The molecule has 0 aliphatic rings. The maximum Gasteiger partial charge on any atom is 0.305 e. The number of carboxylic acid groups (broad SMARTS) is 1. The van der Waals surface area contributed by atoms with E-state index in [9.17, 15) is 9.18 Å². The summed E-state index contributed by atoms with van der Waals surface area (Å²) in [6.45, 7) is 0.262. The van der Waals surface area contributed by atoms with Gasteiger partial charge in [-0.2, -0.15) is 0 Å². The minimum absolute atomic E-state index is 0.00656. The van der Waals surface area contributed by atoms with Crippen molar-refractivity contribution in [1.29, 1.82) is 0 Å². The Morgan fingerprint density at radius 3 is 3.00 bits per heavy atom. The summed E-state index contributed by atoms with van der Waals surface area (Å²) < 4.78 is 13.1. The summed E-state index contributed by atoms with van der Waals surface area (Å²) in [5.41, 5.74) is 0. The lowest BCUT2D eigenvalue weighted by molar-refractivity contribution is -0.136. The molecular formula is C12H11FN2O2. The Labute approximate surface area is 97.1 Å². The zero-order valence-electron chi connectivity index (χ0n) is 8.98. The van der Waals surface area contributed by atoms with Crippen LogP contribution in [0, 0.1) is 5.82 Å². The van der Waals surface area contributed by atoms with Crippen molar-refractivity contribution >= 4 is 22.6 Å². The van der Waals surface area contributed by atoms with Crippen LogP contribution >= 0.6 is 0 Å². The van der Waals surface area contributed by atoms with Crippen molar-refractivity contribution in [1.82, 2.24) is 4.98 Å². The van der Waals surface area contributed by atoms with Gasteiger partial charge < -0.3 is 10.4 Å². The number of anilines is 1. The molecule has 0 bridgehead atoms. The van der Waals surface area contributed by atoms with Crippen LogP contribution < -0.4 is 5.32 Å². The highest BCUT2D eigenvalue weighted by Crippen LogP contribution is 2.21. The number of hydrogen-bond acceptors (Lipinski definition) is 3. The normalized spacial score (nSPS) is 10.4. The molecule has 0 saturated heterocycles. The highest BCUT2D eigenvalue weighted by molar-refractivity contribution is 5.91. The first-order valence-corrected chi connectivity index (χ1v) is 5.17. The second-order valence-electron chi connectivity index (χ2n) is 3.60. The van der Waals surface area contributed by atoms with Gasteiger partial charge in [-0.25, -0.2) is 9.37 Å². The minimum Gasteiger partial charge on any atom is -0.481 e. The van der Waals surface area contributed by atoms with Crippen molar-refractivity contribution in [3.05, 3.63) is 36.3 Å². The molecule has 88 valence electrons. The highest BCUT2D eigenvalue weighted by Gasteiger charge is 2.04. The van der Waals surface area contributed by atoms with E-state index in [0.29, 0.717) is 11.2 Å². The minimum atomic E-state index is -0.885. The van der Waals surface area contributed by atoms with Crippen LogP contribution in [0.2, 0.25) is 0 Å². The van der Waals surface area contributed by atoms with Crippen molar-refractivity contribution in [2.75, 3.05) is 11.9 Å². The fourth-order valence-corrected chi connectivity index (χ4v) is 1.57. The SMILES string of the molecule is O=C(O)CCNc1nccc2ccc(F)cc12. The third kappa shape index (κ3) is 2.69. The van der Waals surface area contributed by atoms with Crippen molar-refractivity contribution in [2.24, 2.45) is 0 Å². The molecule has 0 aliphatic heterocycles. The van der Waals surface area contributed by atoms with Crippen molar-refractivity contribution in [3.63, 3.8) is 0 Å². The first kappa shape index (κ1) is 11.3. The Kier molecular flexibility index (Phi) is 3.18. The van der Waals surface area contributed by atoms with Gasteiger partial charge in [0, 0.05) is 18.1 Å². The molecule has 0 atom stereocenters. The van der Waals surface area contributed by atoms with Crippen molar-refractivity contribution in [3.8, 4) is 0 Å². The average Bonchev–Trinajstić information content (AvgIpc) is 2.29. The summed E-state index contributed by atoms with van der Waals surface area (Å²) in [5, 5.41) is 12.9. The van der Waals surface area contributed by atoms with Gasteiger partial charge in [-0.3, -0.25) is 4.79 Å². The second-order valence-corrected chi connectivity index (χ2v) is 3.60. The Balaban J connectivity index is 2.27. The monoisotopic (exact) mass is 234 g/mol. The van der Waals surface area contributed by atoms with Crippen LogP contribution in [-0.4, -0.2) is 22.6 Å². The number of aliphatic carboxylic acids is 1. The van der Waals surface area contributed by atoms with Crippen LogP contribution in [0.25, 0.3) is 10.8 Å². The van der Waals surface area contributed by atoms with Gasteiger partial charge in [0.05, 0.1) is 6.42 Å². The lowest BCUT2D eigenvalue weighted by Gasteiger charge is -2.07. The van der Waals surface area contributed by atoms with Gasteiger partial charge in [-0.15, -0.1) is 0 Å². The summed E-state index contributed by atoms with van der Waals surface area (Å²) in [5.74, 6) is -0.723. The standard InChI is InChI=1S/C12H11FN2O2/c13-9-2-1-8-3-5-14-12(10(8)7-9)15-6-4-11(16)17/h1-3,5,7H,4,6H2,(H,14,15)(H,16,17). The molecular weight excluding hydrogens is 223 g/mol. The number of hydrogen-bond donors (Lipinski definition) is 2. The number of carboxylic acids is 1. The molecule has 2 aromatic rings. The van der Waals surface area contributed by atoms with Gasteiger partial charge in [0.2, 0.25) is 0 Å². The maximum atomic E-state index is 13.1. The number of rotatable bonds is 4.